The summed E-state index contributed by atoms with van der Waals surface area (Å²) in [7, 11) is 0. The van der Waals surface area contributed by atoms with Crippen molar-refractivity contribution in [3.63, 3.8) is 0 Å². The van der Waals surface area contributed by atoms with Gasteiger partial charge >= 0.3 is 6.18 Å². The molecule has 0 aliphatic carbocycles. The molecular formula is C13H15F3N4OS. The number of thiazole rings is 1. The van der Waals surface area contributed by atoms with Crippen LogP contribution >= 0.6 is 11.3 Å². The van der Waals surface area contributed by atoms with Crippen molar-refractivity contribution in [2.75, 3.05) is 5.32 Å². The number of nitrogens with one attached hydrogen (secondary N) is 1. The Morgan fingerprint density at radius 3 is 2.64 bits per heavy atom. The predicted octanol–water partition coefficient (Wildman–Crippen LogP) is 3.75. The molecular weight excluding hydrogens is 317 g/mol. The molecule has 5 nitrogen and oxygen atoms in total. The van der Waals surface area contributed by atoms with Gasteiger partial charge in [-0.2, -0.15) is 18.3 Å². The smallest absolute Gasteiger partial charge is 0.296 e. The average molecular weight is 332 g/mol. The monoisotopic (exact) mass is 332 g/mol. The zero-order valence-corrected chi connectivity index (χ0v) is 13.0. The van der Waals surface area contributed by atoms with Crippen LogP contribution in [-0.4, -0.2) is 20.7 Å². The van der Waals surface area contributed by atoms with E-state index in [4.69, 9.17) is 0 Å². The third-order valence-corrected chi connectivity index (χ3v) is 3.70. The number of alkyl halides is 3. The molecule has 0 spiro atoms. The minimum atomic E-state index is -4.52. The lowest BCUT2D eigenvalue weighted by atomic mass is 10.1. The van der Waals surface area contributed by atoms with Crippen molar-refractivity contribution in [2.24, 2.45) is 0 Å². The van der Waals surface area contributed by atoms with Gasteiger partial charge in [0.1, 0.15) is 5.69 Å². The number of nitrogens with zero attached hydrogens (tertiary/aromatic N) is 3. The largest absolute Gasteiger partial charge is 0.434 e. The number of hydrogen-bond acceptors (Lipinski definition) is 4. The summed E-state index contributed by atoms with van der Waals surface area (Å²) in [5, 5.41) is 7.46. The molecule has 0 fully saturated rings. The van der Waals surface area contributed by atoms with Gasteiger partial charge in [-0.25, -0.2) is 4.98 Å². The number of halogens is 3. The number of rotatable bonds is 4. The van der Waals surface area contributed by atoms with Gasteiger partial charge in [-0.05, 0) is 18.9 Å². The number of aromatic nitrogens is 3. The van der Waals surface area contributed by atoms with E-state index >= 15 is 0 Å². The lowest BCUT2D eigenvalue weighted by molar-refractivity contribution is -0.140. The first-order valence-electron chi connectivity index (χ1n) is 6.64. The Labute approximate surface area is 129 Å². The standard InChI is InChI=1S/C13H15F3N4OS/c1-4-20-9(5-8(19-20)7(2)3)11(21)18-12-17-10(6-22-12)13(14,15)16/h5-7H,4H2,1-3H3,(H,17,18,21). The third kappa shape index (κ3) is 3.46. The molecule has 1 amide bonds. The van der Waals surface area contributed by atoms with Crippen LogP contribution in [-0.2, 0) is 12.7 Å². The number of carbonyl (C=O) groups excluding carboxylic acids is 1. The zero-order valence-electron chi connectivity index (χ0n) is 12.2. The van der Waals surface area contributed by atoms with E-state index in [2.05, 4.69) is 15.4 Å². The molecule has 22 heavy (non-hydrogen) atoms. The summed E-state index contributed by atoms with van der Waals surface area (Å²) >= 11 is 0.733. The minimum absolute atomic E-state index is 0.0905. The number of anilines is 1. The van der Waals surface area contributed by atoms with Crippen molar-refractivity contribution >= 4 is 22.4 Å². The van der Waals surface area contributed by atoms with Gasteiger partial charge in [0, 0.05) is 11.9 Å². The first kappa shape index (κ1) is 16.5. The van der Waals surface area contributed by atoms with Crippen molar-refractivity contribution in [3.8, 4) is 0 Å². The molecule has 0 unspecified atom stereocenters. The van der Waals surface area contributed by atoms with E-state index in [0.29, 0.717) is 12.2 Å². The molecule has 2 heterocycles. The molecule has 0 radical (unpaired) electrons. The summed E-state index contributed by atoms with van der Waals surface area (Å²) in [5.74, 6) is -0.375. The van der Waals surface area contributed by atoms with Crippen LogP contribution in [0.5, 0.6) is 0 Å². The summed E-state index contributed by atoms with van der Waals surface area (Å²) < 4.78 is 39.0. The zero-order chi connectivity index (χ0) is 16.5. The molecule has 9 heteroatoms. The maximum Gasteiger partial charge on any atom is 0.434 e. The Morgan fingerprint density at radius 2 is 2.14 bits per heavy atom. The molecule has 0 atom stereocenters. The normalized spacial score (nSPS) is 12.0. The molecule has 0 aliphatic heterocycles. The topological polar surface area (TPSA) is 59.8 Å². The minimum Gasteiger partial charge on any atom is -0.296 e. The van der Waals surface area contributed by atoms with Crippen molar-refractivity contribution in [1.82, 2.24) is 14.8 Å². The Hall–Kier alpha value is -1.90. The fraction of sp³-hybridized carbons (Fsp3) is 0.462. The Balaban J connectivity index is 2.20. The summed E-state index contributed by atoms with van der Waals surface area (Å²) in [6.07, 6.45) is -4.52. The second-order valence-electron chi connectivity index (χ2n) is 4.91. The lowest BCUT2D eigenvalue weighted by Gasteiger charge is -2.04. The third-order valence-electron chi connectivity index (χ3n) is 2.94. The summed E-state index contributed by atoms with van der Waals surface area (Å²) in [5.41, 5.74) is 0.0387. The molecule has 1 N–H and O–H groups in total. The highest BCUT2D eigenvalue weighted by atomic mass is 32.1. The highest BCUT2D eigenvalue weighted by Crippen LogP contribution is 2.31. The molecule has 0 bridgehead atoms. The lowest BCUT2D eigenvalue weighted by Crippen LogP contribution is -2.17. The number of aryl methyl sites for hydroxylation is 1. The van der Waals surface area contributed by atoms with Crippen LogP contribution in [0.2, 0.25) is 0 Å². The number of amides is 1. The maximum absolute atomic E-state index is 12.5. The Morgan fingerprint density at radius 1 is 1.45 bits per heavy atom. The maximum atomic E-state index is 12.5. The molecule has 0 aliphatic rings. The van der Waals surface area contributed by atoms with Gasteiger partial charge in [-0.3, -0.25) is 14.8 Å². The van der Waals surface area contributed by atoms with Crippen molar-refractivity contribution < 1.29 is 18.0 Å². The van der Waals surface area contributed by atoms with E-state index in [0.717, 1.165) is 22.4 Å². The van der Waals surface area contributed by atoms with E-state index in [1.54, 1.807) is 6.07 Å². The molecule has 0 saturated carbocycles. The summed E-state index contributed by atoms with van der Waals surface area (Å²) in [6.45, 7) is 6.21. The molecule has 0 aromatic carbocycles. The highest BCUT2D eigenvalue weighted by Gasteiger charge is 2.34. The van der Waals surface area contributed by atoms with Crippen LogP contribution in [0.15, 0.2) is 11.4 Å². The fourth-order valence-corrected chi connectivity index (χ4v) is 2.48. The Bertz CT molecular complexity index is 675. The van der Waals surface area contributed by atoms with Crippen LogP contribution in [0.3, 0.4) is 0 Å². The van der Waals surface area contributed by atoms with E-state index in [1.165, 1.54) is 4.68 Å². The molecule has 2 rings (SSSR count). The van der Waals surface area contributed by atoms with Gasteiger partial charge in [-0.15, -0.1) is 11.3 Å². The van der Waals surface area contributed by atoms with Crippen molar-refractivity contribution in [3.05, 3.63) is 28.5 Å². The molecule has 2 aromatic rings. The van der Waals surface area contributed by atoms with Gasteiger partial charge in [-0.1, -0.05) is 13.8 Å². The van der Waals surface area contributed by atoms with Crippen LogP contribution in [0.25, 0.3) is 0 Å². The second-order valence-corrected chi connectivity index (χ2v) is 5.77. The van der Waals surface area contributed by atoms with Crippen LogP contribution in [0, 0.1) is 0 Å². The predicted molar refractivity (Wildman–Crippen MR) is 77.1 cm³/mol. The SMILES string of the molecule is CCn1nc(C(C)C)cc1C(=O)Nc1nc(C(F)(F)F)cs1. The quantitative estimate of drug-likeness (QED) is 0.927. The van der Waals surface area contributed by atoms with Crippen LogP contribution < -0.4 is 5.32 Å². The molecule has 0 saturated heterocycles. The van der Waals surface area contributed by atoms with Crippen LogP contribution in [0.4, 0.5) is 18.3 Å². The van der Waals surface area contributed by atoms with E-state index in [1.807, 2.05) is 20.8 Å². The fourth-order valence-electron chi connectivity index (χ4n) is 1.77. The van der Waals surface area contributed by atoms with Crippen molar-refractivity contribution in [1.29, 1.82) is 0 Å². The molecule has 2 aromatic heterocycles. The van der Waals surface area contributed by atoms with Crippen molar-refractivity contribution in [2.45, 2.75) is 39.4 Å². The van der Waals surface area contributed by atoms with Gasteiger partial charge in [0.25, 0.3) is 5.91 Å². The average Bonchev–Trinajstić information content (AvgIpc) is 3.03. The van der Waals surface area contributed by atoms with E-state index in [-0.39, 0.29) is 11.0 Å². The van der Waals surface area contributed by atoms with Gasteiger partial charge in [0.05, 0.1) is 5.69 Å². The first-order chi connectivity index (χ1) is 10.2. The van der Waals surface area contributed by atoms with Gasteiger partial charge in [0.2, 0.25) is 0 Å². The summed E-state index contributed by atoms with van der Waals surface area (Å²) in [6, 6.07) is 1.64. The van der Waals surface area contributed by atoms with Crippen LogP contribution in [0.1, 0.15) is 48.6 Å². The summed E-state index contributed by atoms with van der Waals surface area (Å²) in [4.78, 5) is 15.6. The number of carbonyl (C=O) groups is 1. The number of hydrogen-bond donors (Lipinski definition) is 1. The Kier molecular flexibility index (Phi) is 4.55. The van der Waals surface area contributed by atoms with E-state index < -0.39 is 17.8 Å². The first-order valence-corrected chi connectivity index (χ1v) is 7.52. The second kappa shape index (κ2) is 6.07. The van der Waals surface area contributed by atoms with Gasteiger partial charge in [0.15, 0.2) is 10.8 Å². The molecule has 120 valence electrons. The van der Waals surface area contributed by atoms with Gasteiger partial charge < -0.3 is 0 Å². The highest BCUT2D eigenvalue weighted by molar-refractivity contribution is 7.14. The van der Waals surface area contributed by atoms with E-state index in [9.17, 15) is 18.0 Å².